The average Bonchev–Trinajstić information content (AvgIpc) is 2.52. The first-order valence-corrected chi connectivity index (χ1v) is 7.39. The van der Waals surface area contributed by atoms with Crippen LogP contribution < -0.4 is 15.4 Å². The quantitative estimate of drug-likeness (QED) is 0.947. The Morgan fingerprint density at radius 3 is 2.50 bits per heavy atom. The number of hydrogen-bond donors (Lipinski definition) is 1. The Hall–Kier alpha value is -2.33. The van der Waals surface area contributed by atoms with Crippen molar-refractivity contribution in [1.82, 2.24) is 0 Å². The minimum atomic E-state index is -0.880. The zero-order valence-corrected chi connectivity index (χ0v) is 12.9. The van der Waals surface area contributed by atoms with Crippen LogP contribution >= 0.6 is 0 Å². The van der Waals surface area contributed by atoms with Gasteiger partial charge in [-0.25, -0.2) is 0 Å². The molecule has 0 atom stereocenters. The van der Waals surface area contributed by atoms with Gasteiger partial charge in [0.2, 0.25) is 0 Å². The molecule has 4 heteroatoms. The number of carbonyl (C=O) groups is 1. The molecule has 3 rings (SSSR count). The minimum Gasteiger partial charge on any atom is -0.476 e. The second kappa shape index (κ2) is 5.46. The Morgan fingerprint density at radius 1 is 1.09 bits per heavy atom. The predicted octanol–water partition coefficient (Wildman–Crippen LogP) is 2.85. The number of carbonyl (C=O) groups excluding carboxylic acids is 1. The molecule has 0 bridgehead atoms. The van der Waals surface area contributed by atoms with E-state index in [0.29, 0.717) is 18.8 Å². The maximum Gasteiger partial charge on any atom is 0.271 e. The fourth-order valence-electron chi connectivity index (χ4n) is 2.67. The molecule has 0 saturated carbocycles. The van der Waals surface area contributed by atoms with Crippen LogP contribution in [0.1, 0.15) is 25.0 Å². The Labute approximate surface area is 130 Å². The SMILES string of the molecule is CC1(C)Oc2cc(CN)ccc2N(Cc2ccccc2)C1=O. The zero-order chi connectivity index (χ0) is 15.7. The number of hydrogen-bond acceptors (Lipinski definition) is 3. The van der Waals surface area contributed by atoms with Crippen molar-refractivity contribution in [2.75, 3.05) is 4.90 Å². The van der Waals surface area contributed by atoms with Gasteiger partial charge in [-0.05, 0) is 37.1 Å². The van der Waals surface area contributed by atoms with Crippen molar-refractivity contribution in [2.24, 2.45) is 5.73 Å². The highest BCUT2D eigenvalue weighted by Gasteiger charge is 2.40. The lowest BCUT2D eigenvalue weighted by Gasteiger charge is -2.39. The predicted molar refractivity (Wildman–Crippen MR) is 86.7 cm³/mol. The third-order valence-corrected chi connectivity index (χ3v) is 3.86. The molecule has 1 aliphatic rings. The van der Waals surface area contributed by atoms with Gasteiger partial charge >= 0.3 is 0 Å². The monoisotopic (exact) mass is 296 g/mol. The first-order chi connectivity index (χ1) is 10.5. The summed E-state index contributed by atoms with van der Waals surface area (Å²) in [7, 11) is 0. The van der Waals surface area contributed by atoms with Crippen LogP contribution in [0.3, 0.4) is 0 Å². The normalized spacial score (nSPS) is 16.1. The van der Waals surface area contributed by atoms with E-state index in [1.807, 2.05) is 48.5 Å². The molecule has 0 fully saturated rings. The Balaban J connectivity index is 2.03. The summed E-state index contributed by atoms with van der Waals surface area (Å²) >= 11 is 0. The van der Waals surface area contributed by atoms with Crippen molar-refractivity contribution < 1.29 is 9.53 Å². The number of rotatable bonds is 3. The first kappa shape index (κ1) is 14.6. The Bertz CT molecular complexity index is 695. The van der Waals surface area contributed by atoms with Crippen LogP contribution in [0.2, 0.25) is 0 Å². The van der Waals surface area contributed by atoms with Crippen LogP contribution in [0.4, 0.5) is 5.69 Å². The molecule has 4 nitrogen and oxygen atoms in total. The van der Waals surface area contributed by atoms with Gasteiger partial charge in [-0.15, -0.1) is 0 Å². The molecule has 0 radical (unpaired) electrons. The fraction of sp³-hybridized carbons (Fsp3) is 0.278. The molecule has 2 aromatic rings. The molecule has 0 aliphatic carbocycles. The molecule has 1 aliphatic heterocycles. The van der Waals surface area contributed by atoms with Crippen LogP contribution in [0.5, 0.6) is 5.75 Å². The summed E-state index contributed by atoms with van der Waals surface area (Å²) in [5, 5.41) is 0. The highest BCUT2D eigenvalue weighted by Crippen LogP contribution is 2.39. The molecule has 22 heavy (non-hydrogen) atoms. The summed E-state index contributed by atoms with van der Waals surface area (Å²) in [6, 6.07) is 15.7. The second-order valence-corrected chi connectivity index (χ2v) is 6.00. The number of nitrogens with zero attached hydrogens (tertiary/aromatic N) is 1. The first-order valence-electron chi connectivity index (χ1n) is 7.39. The topological polar surface area (TPSA) is 55.6 Å². The van der Waals surface area contributed by atoms with E-state index in [1.54, 1.807) is 18.7 Å². The van der Waals surface area contributed by atoms with E-state index in [4.69, 9.17) is 10.5 Å². The summed E-state index contributed by atoms with van der Waals surface area (Å²) in [5.41, 5.74) is 7.69. The second-order valence-electron chi connectivity index (χ2n) is 6.00. The van der Waals surface area contributed by atoms with E-state index in [1.165, 1.54) is 0 Å². The van der Waals surface area contributed by atoms with E-state index < -0.39 is 5.60 Å². The third-order valence-electron chi connectivity index (χ3n) is 3.86. The van der Waals surface area contributed by atoms with Gasteiger partial charge in [0.15, 0.2) is 5.60 Å². The van der Waals surface area contributed by atoms with Crippen LogP contribution in [0.15, 0.2) is 48.5 Å². The molecule has 2 N–H and O–H groups in total. The molecule has 0 aromatic heterocycles. The molecule has 1 amide bonds. The number of fused-ring (bicyclic) bond motifs is 1. The lowest BCUT2D eigenvalue weighted by molar-refractivity contribution is -0.132. The van der Waals surface area contributed by atoms with Gasteiger partial charge in [0.25, 0.3) is 5.91 Å². The lowest BCUT2D eigenvalue weighted by atomic mass is 10.0. The van der Waals surface area contributed by atoms with E-state index in [0.717, 1.165) is 16.8 Å². The summed E-state index contributed by atoms with van der Waals surface area (Å²) in [5.74, 6) is 0.674. The van der Waals surface area contributed by atoms with Crippen molar-refractivity contribution in [3.05, 3.63) is 59.7 Å². The summed E-state index contributed by atoms with van der Waals surface area (Å²) in [6.07, 6.45) is 0. The standard InChI is InChI=1S/C18H20N2O2/c1-18(2)17(21)20(12-13-6-4-3-5-7-13)15-9-8-14(11-19)10-16(15)22-18/h3-10H,11-12,19H2,1-2H3. The van der Waals surface area contributed by atoms with Gasteiger partial charge in [-0.1, -0.05) is 36.4 Å². The zero-order valence-electron chi connectivity index (χ0n) is 12.9. The number of anilines is 1. The largest absolute Gasteiger partial charge is 0.476 e. The van der Waals surface area contributed by atoms with Crippen molar-refractivity contribution in [3.8, 4) is 5.75 Å². The molecule has 2 aromatic carbocycles. The molecular formula is C18H20N2O2. The maximum atomic E-state index is 12.7. The molecule has 0 saturated heterocycles. The molecule has 1 heterocycles. The van der Waals surface area contributed by atoms with Crippen LogP contribution in [-0.2, 0) is 17.9 Å². The number of ether oxygens (including phenoxy) is 1. The highest BCUT2D eigenvalue weighted by atomic mass is 16.5. The molecule has 114 valence electrons. The maximum absolute atomic E-state index is 12.7. The third kappa shape index (κ3) is 2.57. The average molecular weight is 296 g/mol. The number of benzene rings is 2. The Kier molecular flexibility index (Phi) is 3.62. The van der Waals surface area contributed by atoms with E-state index in [9.17, 15) is 4.79 Å². The lowest BCUT2D eigenvalue weighted by Crippen LogP contribution is -2.52. The van der Waals surface area contributed by atoms with E-state index in [2.05, 4.69) is 0 Å². The van der Waals surface area contributed by atoms with Gasteiger partial charge in [0.1, 0.15) is 5.75 Å². The van der Waals surface area contributed by atoms with Gasteiger partial charge in [-0.2, -0.15) is 0 Å². The van der Waals surface area contributed by atoms with Gasteiger partial charge in [-0.3, -0.25) is 4.79 Å². The summed E-state index contributed by atoms with van der Waals surface area (Å²) < 4.78 is 5.90. The van der Waals surface area contributed by atoms with Gasteiger partial charge < -0.3 is 15.4 Å². The van der Waals surface area contributed by atoms with Gasteiger partial charge in [0.05, 0.1) is 12.2 Å². The summed E-state index contributed by atoms with van der Waals surface area (Å²) in [4.78, 5) is 14.5. The number of amides is 1. The van der Waals surface area contributed by atoms with E-state index in [-0.39, 0.29) is 5.91 Å². The molecular weight excluding hydrogens is 276 g/mol. The van der Waals surface area contributed by atoms with Gasteiger partial charge in [0, 0.05) is 6.54 Å². The van der Waals surface area contributed by atoms with Crippen molar-refractivity contribution in [2.45, 2.75) is 32.5 Å². The van der Waals surface area contributed by atoms with Crippen molar-refractivity contribution in [1.29, 1.82) is 0 Å². The van der Waals surface area contributed by atoms with Crippen LogP contribution in [0.25, 0.3) is 0 Å². The summed E-state index contributed by atoms with van der Waals surface area (Å²) in [6.45, 7) is 4.57. The minimum absolute atomic E-state index is 0.0376. The van der Waals surface area contributed by atoms with Crippen molar-refractivity contribution in [3.63, 3.8) is 0 Å². The van der Waals surface area contributed by atoms with Crippen LogP contribution in [-0.4, -0.2) is 11.5 Å². The number of nitrogens with two attached hydrogens (primary N) is 1. The van der Waals surface area contributed by atoms with Crippen molar-refractivity contribution >= 4 is 11.6 Å². The molecule has 0 unspecified atom stereocenters. The fourth-order valence-corrected chi connectivity index (χ4v) is 2.67. The molecule has 0 spiro atoms. The Morgan fingerprint density at radius 2 is 1.82 bits per heavy atom. The smallest absolute Gasteiger partial charge is 0.271 e. The van der Waals surface area contributed by atoms with Crippen LogP contribution in [0, 0.1) is 0 Å². The van der Waals surface area contributed by atoms with E-state index >= 15 is 0 Å². The highest BCUT2D eigenvalue weighted by molar-refractivity contribution is 6.02.